The number of carbonyl (C=O) groups is 1. The summed E-state index contributed by atoms with van der Waals surface area (Å²) in [5.41, 5.74) is 2.63. The van der Waals surface area contributed by atoms with Crippen molar-refractivity contribution in [1.29, 1.82) is 0 Å². The third-order valence-electron chi connectivity index (χ3n) is 8.25. The maximum absolute atomic E-state index is 14.7. The molecule has 2 aromatic carbocycles. The third kappa shape index (κ3) is 5.98. The molecule has 2 saturated heterocycles. The van der Waals surface area contributed by atoms with E-state index in [4.69, 9.17) is 25.8 Å². The number of alkyl halides is 1. The van der Waals surface area contributed by atoms with E-state index in [1.54, 1.807) is 24.3 Å². The molecule has 44 heavy (non-hydrogen) atoms. The Balaban J connectivity index is 1.21. The van der Waals surface area contributed by atoms with Crippen LogP contribution in [-0.2, 0) is 29.2 Å². The van der Waals surface area contributed by atoms with Gasteiger partial charge in [0.05, 0.1) is 49.5 Å². The van der Waals surface area contributed by atoms with Crippen molar-refractivity contribution >= 4 is 22.7 Å². The van der Waals surface area contributed by atoms with Gasteiger partial charge in [0.15, 0.2) is 17.3 Å². The molecule has 2 aliphatic rings. The maximum Gasteiger partial charge on any atom is 0.337 e. The lowest BCUT2D eigenvalue weighted by molar-refractivity contribution is -0.0592. The molecule has 6 rings (SSSR count). The van der Waals surface area contributed by atoms with E-state index < -0.39 is 30.3 Å². The summed E-state index contributed by atoms with van der Waals surface area (Å²) in [6.45, 7) is 8.18. The molecule has 4 aromatic rings. The first-order valence-corrected chi connectivity index (χ1v) is 14.3. The average Bonchev–Trinajstić information content (AvgIpc) is 3.58. The summed E-state index contributed by atoms with van der Waals surface area (Å²) >= 11 is 0. The van der Waals surface area contributed by atoms with Crippen LogP contribution in [0.3, 0.4) is 0 Å². The van der Waals surface area contributed by atoms with Gasteiger partial charge in [0.1, 0.15) is 30.6 Å². The fourth-order valence-electron chi connectivity index (χ4n) is 5.76. The number of hydrogen-bond donors (Lipinski definition) is 0. The normalized spacial score (nSPS) is 19.9. The average molecular weight is 606 g/mol. The van der Waals surface area contributed by atoms with Crippen LogP contribution in [0.5, 0.6) is 5.75 Å². The number of methoxy groups -OCH3 is 1. The van der Waals surface area contributed by atoms with Crippen LogP contribution in [0, 0.1) is 18.2 Å². The standard InChI is InChI=1S/C32H30F3N5O4/c1-36-21-4-8-30(25(35)13-21)44-18-28-24(34)5-7-26(37-28)20-11-22(14-33)39(15-20)17-31-38-27-6-3-19(32(41)42-2)12-29(27)40(31)16-23-9-10-43-23/h3-8,12-13,20,22-23H,9-11,14-18H2,2H3/t20?,22-,23+/m1/s1. The van der Waals surface area contributed by atoms with Gasteiger partial charge in [-0.05, 0) is 55.3 Å². The first-order valence-electron chi connectivity index (χ1n) is 14.3. The number of esters is 1. The van der Waals surface area contributed by atoms with Crippen molar-refractivity contribution in [2.75, 3.05) is 26.9 Å². The molecule has 0 spiro atoms. The lowest BCUT2D eigenvalue weighted by Gasteiger charge is -2.28. The second-order valence-corrected chi connectivity index (χ2v) is 11.0. The van der Waals surface area contributed by atoms with E-state index in [-0.39, 0.29) is 35.8 Å². The zero-order valence-electron chi connectivity index (χ0n) is 24.0. The van der Waals surface area contributed by atoms with Gasteiger partial charge in [-0.2, -0.15) is 0 Å². The SMILES string of the molecule is [C-]#[N+]c1ccc(OCc2nc(C3C[C@H](CF)N(Cc4nc5ccc(C(=O)OC)cc5n4C[C@@H]4CCO4)C3)ccc2F)c(F)c1. The number of hydrogen-bond acceptors (Lipinski definition) is 7. The number of fused-ring (bicyclic) bond motifs is 1. The van der Waals surface area contributed by atoms with Gasteiger partial charge in [-0.25, -0.2) is 27.8 Å². The number of ether oxygens (including phenoxy) is 3. The van der Waals surface area contributed by atoms with Crippen molar-refractivity contribution < 1.29 is 32.2 Å². The second-order valence-electron chi connectivity index (χ2n) is 11.0. The van der Waals surface area contributed by atoms with Crippen LogP contribution < -0.4 is 4.74 Å². The van der Waals surface area contributed by atoms with Crippen molar-refractivity contribution in [3.05, 3.63) is 94.4 Å². The van der Waals surface area contributed by atoms with E-state index in [0.29, 0.717) is 49.4 Å². The Hall–Kier alpha value is -4.47. The number of rotatable bonds is 10. The van der Waals surface area contributed by atoms with Gasteiger partial charge in [-0.15, -0.1) is 0 Å². The van der Waals surface area contributed by atoms with E-state index in [9.17, 15) is 18.0 Å². The van der Waals surface area contributed by atoms with E-state index in [0.717, 1.165) is 23.8 Å². The van der Waals surface area contributed by atoms with Crippen molar-refractivity contribution in [3.63, 3.8) is 0 Å². The van der Waals surface area contributed by atoms with E-state index >= 15 is 0 Å². The molecule has 0 saturated carbocycles. The lowest BCUT2D eigenvalue weighted by atomic mass is 10.0. The van der Waals surface area contributed by atoms with Crippen LogP contribution >= 0.6 is 0 Å². The predicted octanol–water partition coefficient (Wildman–Crippen LogP) is 5.74. The monoisotopic (exact) mass is 605 g/mol. The zero-order valence-corrected chi connectivity index (χ0v) is 24.0. The van der Waals surface area contributed by atoms with Gasteiger partial charge in [0.2, 0.25) is 0 Å². The number of carbonyl (C=O) groups excluding carboxylic acids is 1. The summed E-state index contributed by atoms with van der Waals surface area (Å²) in [5, 5.41) is 0. The zero-order chi connectivity index (χ0) is 30.8. The highest BCUT2D eigenvalue weighted by atomic mass is 19.1. The highest BCUT2D eigenvalue weighted by Crippen LogP contribution is 2.34. The summed E-state index contributed by atoms with van der Waals surface area (Å²) in [6.07, 6.45) is 1.41. The molecule has 2 fully saturated rings. The van der Waals surface area contributed by atoms with E-state index in [2.05, 4.69) is 9.83 Å². The molecular formula is C32H30F3N5O4. The molecule has 0 amide bonds. The minimum Gasteiger partial charge on any atom is -0.484 e. The molecule has 2 aliphatic heterocycles. The summed E-state index contributed by atoms with van der Waals surface area (Å²) in [5.74, 6) is -1.32. The van der Waals surface area contributed by atoms with Gasteiger partial charge in [-0.3, -0.25) is 9.88 Å². The van der Waals surface area contributed by atoms with Crippen LogP contribution in [0.15, 0.2) is 48.5 Å². The minimum absolute atomic E-state index is 0.00936. The molecule has 0 N–H and O–H groups in total. The number of aromatic nitrogens is 3. The van der Waals surface area contributed by atoms with E-state index in [1.165, 1.54) is 25.3 Å². The molecular weight excluding hydrogens is 575 g/mol. The Labute approximate surface area is 252 Å². The second kappa shape index (κ2) is 12.6. The van der Waals surface area contributed by atoms with Gasteiger partial charge in [0, 0.05) is 30.8 Å². The van der Waals surface area contributed by atoms with Gasteiger partial charge >= 0.3 is 5.97 Å². The Morgan fingerprint density at radius 3 is 2.68 bits per heavy atom. The quantitative estimate of drug-likeness (QED) is 0.168. The molecule has 9 nitrogen and oxygen atoms in total. The van der Waals surface area contributed by atoms with Crippen LogP contribution in [0.4, 0.5) is 18.9 Å². The van der Waals surface area contributed by atoms with Crippen molar-refractivity contribution in [2.45, 2.75) is 50.6 Å². The number of likely N-dealkylation sites (tertiary alicyclic amines) is 1. The molecule has 228 valence electrons. The molecule has 1 unspecified atom stereocenters. The van der Waals surface area contributed by atoms with Gasteiger partial charge in [0.25, 0.3) is 0 Å². The van der Waals surface area contributed by atoms with Crippen molar-refractivity contribution in [1.82, 2.24) is 19.4 Å². The Morgan fingerprint density at radius 2 is 1.98 bits per heavy atom. The first-order chi connectivity index (χ1) is 21.4. The molecule has 12 heteroatoms. The summed E-state index contributed by atoms with van der Waals surface area (Å²) < 4.78 is 61.4. The first kappa shape index (κ1) is 29.6. The van der Waals surface area contributed by atoms with Crippen LogP contribution in [0.2, 0.25) is 0 Å². The van der Waals surface area contributed by atoms with Gasteiger partial charge < -0.3 is 18.8 Å². The fraction of sp³-hybridized carbons (Fsp3) is 0.375. The molecule has 0 aliphatic carbocycles. The number of nitrogens with zero attached hydrogens (tertiary/aromatic N) is 5. The minimum atomic E-state index is -0.719. The predicted molar refractivity (Wildman–Crippen MR) is 154 cm³/mol. The summed E-state index contributed by atoms with van der Waals surface area (Å²) in [6, 6.07) is 11.5. The van der Waals surface area contributed by atoms with Crippen LogP contribution in [-0.4, -0.2) is 64.5 Å². The topological polar surface area (TPSA) is 83.1 Å². The molecule has 4 heterocycles. The van der Waals surface area contributed by atoms with Crippen LogP contribution in [0.25, 0.3) is 15.9 Å². The molecule has 3 atom stereocenters. The highest BCUT2D eigenvalue weighted by molar-refractivity contribution is 5.93. The van der Waals surface area contributed by atoms with Crippen molar-refractivity contribution in [2.24, 2.45) is 0 Å². The molecule has 0 radical (unpaired) electrons. The summed E-state index contributed by atoms with van der Waals surface area (Å²) in [4.78, 5) is 26.7. The smallest absolute Gasteiger partial charge is 0.337 e. The fourth-order valence-corrected chi connectivity index (χ4v) is 5.76. The number of imidazole rings is 1. The summed E-state index contributed by atoms with van der Waals surface area (Å²) in [7, 11) is 1.33. The van der Waals surface area contributed by atoms with Gasteiger partial charge in [-0.1, -0.05) is 6.07 Å². The Bertz CT molecular complexity index is 1740. The highest BCUT2D eigenvalue weighted by Gasteiger charge is 2.35. The number of pyridine rings is 1. The largest absolute Gasteiger partial charge is 0.484 e. The van der Waals surface area contributed by atoms with Crippen molar-refractivity contribution in [3.8, 4) is 5.75 Å². The number of halogens is 3. The number of benzene rings is 2. The van der Waals surface area contributed by atoms with E-state index in [1.807, 2.05) is 9.47 Å². The Kier molecular flexibility index (Phi) is 8.50. The maximum atomic E-state index is 14.7. The van der Waals surface area contributed by atoms with Crippen LogP contribution in [0.1, 0.15) is 46.3 Å². The lowest BCUT2D eigenvalue weighted by Crippen LogP contribution is -2.34. The third-order valence-corrected chi connectivity index (χ3v) is 8.25. The Morgan fingerprint density at radius 1 is 1.14 bits per heavy atom. The molecule has 2 aromatic heterocycles. The molecule has 0 bridgehead atoms.